The fourth-order valence-corrected chi connectivity index (χ4v) is 5.82. The predicted molar refractivity (Wildman–Crippen MR) is 107 cm³/mol. The first-order valence-corrected chi connectivity index (χ1v) is 11.4. The van der Waals surface area contributed by atoms with Crippen LogP contribution in [0.2, 0.25) is 0 Å². The lowest BCUT2D eigenvalue weighted by Gasteiger charge is -2.30. The lowest BCUT2D eigenvalue weighted by atomic mass is 9.98. The Morgan fingerprint density at radius 1 is 1.22 bits per heavy atom. The van der Waals surface area contributed by atoms with E-state index in [1.807, 2.05) is 6.08 Å². The molecule has 1 aliphatic heterocycles. The Morgan fingerprint density at radius 2 is 2.00 bits per heavy atom. The molecule has 3 aliphatic rings. The molecule has 0 unspecified atom stereocenters. The van der Waals surface area contributed by atoms with Crippen molar-refractivity contribution in [2.75, 3.05) is 25.0 Å². The second kappa shape index (κ2) is 7.28. The summed E-state index contributed by atoms with van der Waals surface area (Å²) in [4.78, 5) is 14.8. The van der Waals surface area contributed by atoms with E-state index < -0.39 is 21.3 Å². The summed E-state index contributed by atoms with van der Waals surface area (Å²) in [5.74, 6) is 0. The molecular weight excluding hydrogens is 362 g/mol. The van der Waals surface area contributed by atoms with Crippen molar-refractivity contribution < 1.29 is 13.2 Å². The van der Waals surface area contributed by atoms with Crippen LogP contribution in [0.3, 0.4) is 0 Å². The predicted octanol–water partition coefficient (Wildman–Crippen LogP) is 2.68. The van der Waals surface area contributed by atoms with Gasteiger partial charge < -0.3 is 10.2 Å². The number of aryl methyl sites for hydroxylation is 1. The van der Waals surface area contributed by atoms with E-state index >= 15 is 0 Å². The van der Waals surface area contributed by atoms with Gasteiger partial charge in [-0.2, -0.15) is 0 Å². The van der Waals surface area contributed by atoms with E-state index in [1.54, 1.807) is 0 Å². The molecule has 0 saturated carbocycles. The number of fused-ring (bicyclic) bond motifs is 2. The number of hydrogen-bond acceptors (Lipinski definition) is 4. The number of carbonyl (C=O) groups is 1. The first-order chi connectivity index (χ1) is 13.0. The van der Waals surface area contributed by atoms with Gasteiger partial charge in [-0.3, -0.25) is 0 Å². The number of carbonyl (C=O) groups excluding carboxylic acids is 1. The van der Waals surface area contributed by atoms with E-state index in [1.165, 1.54) is 11.1 Å². The van der Waals surface area contributed by atoms with Crippen LogP contribution in [0.5, 0.6) is 0 Å². The lowest BCUT2D eigenvalue weighted by molar-refractivity contribution is 0.240. The molecule has 0 aromatic heterocycles. The van der Waals surface area contributed by atoms with Gasteiger partial charge in [0.05, 0.1) is 10.9 Å². The van der Waals surface area contributed by atoms with Crippen LogP contribution >= 0.6 is 0 Å². The quantitative estimate of drug-likeness (QED) is 0.830. The lowest BCUT2D eigenvalue weighted by Crippen LogP contribution is -2.46. The molecule has 1 fully saturated rings. The highest BCUT2D eigenvalue weighted by molar-refractivity contribution is 7.90. The molecule has 0 radical (unpaired) electrons. The minimum Gasteiger partial charge on any atom is -0.306 e. The van der Waals surface area contributed by atoms with Crippen LogP contribution in [0.1, 0.15) is 48.4 Å². The standard InChI is InChI=1S/C20H27N3O3S/c1-2-23-11-9-16(10-12-23)27(25,26)22-20(24)21-19-17-7-3-5-14(17)13-15-6-4-8-18(15)19/h3,7,13,16H,2,4-6,8-12H2,1H3,(H2,21,22,24). The highest BCUT2D eigenvalue weighted by Crippen LogP contribution is 2.37. The van der Waals surface area contributed by atoms with E-state index in [0.717, 1.165) is 62.1 Å². The minimum atomic E-state index is -3.67. The Balaban J connectivity index is 1.48. The number of anilines is 1. The first kappa shape index (κ1) is 18.5. The Hall–Kier alpha value is -1.86. The second-order valence-electron chi connectivity index (χ2n) is 7.66. The second-order valence-corrected chi connectivity index (χ2v) is 9.62. The van der Waals surface area contributed by atoms with Crippen LogP contribution in [0.4, 0.5) is 10.5 Å². The smallest absolute Gasteiger partial charge is 0.306 e. The summed E-state index contributed by atoms with van der Waals surface area (Å²) < 4.78 is 27.6. The van der Waals surface area contributed by atoms with Crippen molar-refractivity contribution in [3.63, 3.8) is 0 Å². The van der Waals surface area contributed by atoms with Gasteiger partial charge in [-0.05, 0) is 74.8 Å². The van der Waals surface area contributed by atoms with Gasteiger partial charge in [0.1, 0.15) is 0 Å². The molecule has 2 N–H and O–H groups in total. The number of sulfonamides is 1. The number of amides is 2. The normalized spacial score (nSPS) is 19.7. The molecule has 1 heterocycles. The van der Waals surface area contributed by atoms with Crippen molar-refractivity contribution >= 4 is 27.8 Å². The third kappa shape index (κ3) is 3.62. The number of piperidine rings is 1. The molecule has 2 amide bonds. The number of likely N-dealkylation sites (tertiary alicyclic amines) is 1. The average Bonchev–Trinajstić information content (AvgIpc) is 3.30. The third-order valence-corrected chi connectivity index (χ3v) is 7.86. The van der Waals surface area contributed by atoms with Gasteiger partial charge in [-0.15, -0.1) is 0 Å². The van der Waals surface area contributed by atoms with Crippen molar-refractivity contribution in [3.8, 4) is 0 Å². The third-order valence-electron chi connectivity index (χ3n) is 6.04. The van der Waals surface area contributed by atoms with Crippen LogP contribution in [-0.4, -0.2) is 44.2 Å². The van der Waals surface area contributed by atoms with Gasteiger partial charge >= 0.3 is 6.03 Å². The molecule has 7 heteroatoms. The van der Waals surface area contributed by atoms with Crippen molar-refractivity contribution in [1.29, 1.82) is 0 Å². The number of nitrogens with one attached hydrogen (secondary N) is 2. The molecular formula is C20H27N3O3S. The summed E-state index contributed by atoms with van der Waals surface area (Å²) in [7, 11) is -3.67. The molecule has 27 heavy (non-hydrogen) atoms. The van der Waals surface area contributed by atoms with E-state index in [-0.39, 0.29) is 0 Å². The average molecular weight is 390 g/mol. The van der Waals surface area contributed by atoms with Crippen molar-refractivity contribution in [1.82, 2.24) is 9.62 Å². The van der Waals surface area contributed by atoms with E-state index in [2.05, 4.69) is 34.0 Å². The summed E-state index contributed by atoms with van der Waals surface area (Å²) in [5.41, 5.74) is 5.47. The summed E-state index contributed by atoms with van der Waals surface area (Å²) >= 11 is 0. The Kier molecular flexibility index (Phi) is 4.99. The van der Waals surface area contributed by atoms with Gasteiger partial charge in [-0.1, -0.05) is 25.1 Å². The van der Waals surface area contributed by atoms with Gasteiger partial charge in [0, 0.05) is 5.56 Å². The minimum absolute atomic E-state index is 0.502. The number of allylic oxidation sites excluding steroid dienone is 1. The van der Waals surface area contributed by atoms with Crippen LogP contribution in [-0.2, 0) is 29.3 Å². The first-order valence-electron chi connectivity index (χ1n) is 9.87. The van der Waals surface area contributed by atoms with Gasteiger partial charge in [-0.25, -0.2) is 17.9 Å². The van der Waals surface area contributed by atoms with E-state index in [0.29, 0.717) is 12.8 Å². The Labute approximate surface area is 161 Å². The van der Waals surface area contributed by atoms with Crippen LogP contribution in [0, 0.1) is 0 Å². The van der Waals surface area contributed by atoms with Crippen molar-refractivity contribution in [3.05, 3.63) is 34.4 Å². The Morgan fingerprint density at radius 3 is 2.74 bits per heavy atom. The summed E-state index contributed by atoms with van der Waals surface area (Å²) in [6.07, 6.45) is 9.13. The Bertz CT molecular complexity index is 883. The fraction of sp³-hybridized carbons (Fsp3) is 0.550. The maximum atomic E-state index is 12.6. The van der Waals surface area contributed by atoms with Gasteiger partial charge in [0.2, 0.25) is 10.0 Å². The summed E-state index contributed by atoms with van der Waals surface area (Å²) in [6.45, 7) is 4.52. The molecule has 1 aromatic carbocycles. The van der Waals surface area contributed by atoms with E-state index in [9.17, 15) is 13.2 Å². The van der Waals surface area contributed by atoms with Crippen LogP contribution < -0.4 is 10.0 Å². The molecule has 0 spiro atoms. The molecule has 0 atom stereocenters. The maximum absolute atomic E-state index is 12.6. The number of benzene rings is 1. The number of rotatable bonds is 4. The summed E-state index contributed by atoms with van der Waals surface area (Å²) in [6, 6.07) is 1.59. The molecule has 1 aromatic rings. The van der Waals surface area contributed by atoms with Crippen LogP contribution in [0.25, 0.3) is 6.08 Å². The van der Waals surface area contributed by atoms with Gasteiger partial charge in [0.15, 0.2) is 0 Å². The SMILES string of the molecule is CCN1CCC(S(=O)(=O)NC(=O)Nc2c3c(cc4c2CCC4)CC=C3)CC1. The van der Waals surface area contributed by atoms with Crippen molar-refractivity contribution in [2.24, 2.45) is 0 Å². The zero-order valence-corrected chi connectivity index (χ0v) is 16.6. The zero-order valence-electron chi connectivity index (χ0n) is 15.8. The molecule has 1 saturated heterocycles. The van der Waals surface area contributed by atoms with Crippen LogP contribution in [0.15, 0.2) is 12.1 Å². The maximum Gasteiger partial charge on any atom is 0.332 e. The zero-order chi connectivity index (χ0) is 19.0. The van der Waals surface area contributed by atoms with Crippen molar-refractivity contribution in [2.45, 2.75) is 50.7 Å². The topological polar surface area (TPSA) is 78.5 Å². The fourth-order valence-electron chi connectivity index (χ4n) is 4.52. The van der Waals surface area contributed by atoms with Gasteiger partial charge in [0.25, 0.3) is 0 Å². The summed E-state index contributed by atoms with van der Waals surface area (Å²) in [5, 5.41) is 2.37. The number of nitrogens with zero attached hydrogens (tertiary/aromatic N) is 1. The molecule has 6 nitrogen and oxygen atoms in total. The highest BCUT2D eigenvalue weighted by atomic mass is 32.2. The number of urea groups is 1. The molecule has 2 aliphatic carbocycles. The molecule has 0 bridgehead atoms. The van der Waals surface area contributed by atoms with E-state index in [4.69, 9.17) is 0 Å². The monoisotopic (exact) mass is 389 g/mol. The molecule has 4 rings (SSSR count). The highest BCUT2D eigenvalue weighted by Gasteiger charge is 2.31. The number of hydrogen-bond donors (Lipinski definition) is 2. The molecule has 146 valence electrons. The largest absolute Gasteiger partial charge is 0.332 e.